The Morgan fingerprint density at radius 2 is 2.05 bits per heavy atom. The van der Waals surface area contributed by atoms with Crippen LogP contribution in [0.15, 0.2) is 22.7 Å². The van der Waals surface area contributed by atoms with Crippen molar-refractivity contribution in [2.75, 3.05) is 25.6 Å². The van der Waals surface area contributed by atoms with Crippen LogP contribution in [0.1, 0.15) is 32.1 Å². The van der Waals surface area contributed by atoms with E-state index in [0.29, 0.717) is 0 Å². The van der Waals surface area contributed by atoms with E-state index in [2.05, 4.69) is 21.2 Å². The molecule has 0 saturated heterocycles. The SMILES string of the molecule is COc1ccc(Br)cc1NCC1(CO)CCCCC1. The molecule has 1 aromatic carbocycles. The Morgan fingerprint density at radius 1 is 1.32 bits per heavy atom. The molecule has 0 aromatic heterocycles. The lowest BCUT2D eigenvalue weighted by atomic mass is 9.74. The molecule has 2 rings (SSSR count). The normalized spacial score (nSPS) is 18.1. The lowest BCUT2D eigenvalue weighted by Crippen LogP contribution is -2.35. The van der Waals surface area contributed by atoms with Gasteiger partial charge in [0.05, 0.1) is 19.4 Å². The first-order valence-corrected chi connectivity index (χ1v) is 7.67. The molecule has 0 radical (unpaired) electrons. The fourth-order valence-corrected chi connectivity index (χ4v) is 3.15. The molecule has 3 nitrogen and oxygen atoms in total. The standard InChI is InChI=1S/C15H22BrNO2/c1-19-14-6-5-12(16)9-13(14)17-10-15(11-18)7-3-2-4-8-15/h5-6,9,17-18H,2-4,7-8,10-11H2,1H3. The van der Waals surface area contributed by atoms with Gasteiger partial charge in [-0.05, 0) is 31.0 Å². The number of rotatable bonds is 5. The molecular formula is C15H22BrNO2. The van der Waals surface area contributed by atoms with Crippen molar-refractivity contribution in [3.63, 3.8) is 0 Å². The summed E-state index contributed by atoms with van der Waals surface area (Å²) in [5, 5.41) is 13.2. The highest BCUT2D eigenvalue weighted by atomic mass is 79.9. The summed E-state index contributed by atoms with van der Waals surface area (Å²) < 4.78 is 6.39. The van der Waals surface area contributed by atoms with Crippen LogP contribution >= 0.6 is 15.9 Å². The van der Waals surface area contributed by atoms with Crippen molar-refractivity contribution in [2.24, 2.45) is 5.41 Å². The fourth-order valence-electron chi connectivity index (χ4n) is 2.79. The van der Waals surface area contributed by atoms with Crippen LogP contribution in [0.5, 0.6) is 5.75 Å². The average molecular weight is 328 g/mol. The fraction of sp³-hybridized carbons (Fsp3) is 0.600. The number of nitrogens with one attached hydrogen (secondary N) is 1. The van der Waals surface area contributed by atoms with Crippen molar-refractivity contribution in [1.29, 1.82) is 0 Å². The van der Waals surface area contributed by atoms with E-state index >= 15 is 0 Å². The minimum absolute atomic E-state index is 0.0333. The molecule has 1 aliphatic carbocycles. The smallest absolute Gasteiger partial charge is 0.142 e. The highest BCUT2D eigenvalue weighted by Crippen LogP contribution is 2.37. The van der Waals surface area contributed by atoms with Crippen molar-refractivity contribution < 1.29 is 9.84 Å². The first-order chi connectivity index (χ1) is 9.19. The van der Waals surface area contributed by atoms with Crippen LogP contribution in [0.2, 0.25) is 0 Å². The summed E-state index contributed by atoms with van der Waals surface area (Å²) in [6.07, 6.45) is 5.94. The van der Waals surface area contributed by atoms with Gasteiger partial charge in [-0.1, -0.05) is 35.2 Å². The Labute approximate surface area is 123 Å². The van der Waals surface area contributed by atoms with Crippen molar-refractivity contribution in [3.05, 3.63) is 22.7 Å². The number of benzene rings is 1. The molecular weight excluding hydrogens is 306 g/mol. The van der Waals surface area contributed by atoms with Gasteiger partial charge in [0.25, 0.3) is 0 Å². The van der Waals surface area contributed by atoms with Gasteiger partial charge in [-0.25, -0.2) is 0 Å². The van der Waals surface area contributed by atoms with Crippen molar-refractivity contribution in [2.45, 2.75) is 32.1 Å². The minimum Gasteiger partial charge on any atom is -0.495 e. The van der Waals surface area contributed by atoms with Gasteiger partial charge in [-0.2, -0.15) is 0 Å². The lowest BCUT2D eigenvalue weighted by Gasteiger charge is -2.36. The predicted octanol–water partition coefficient (Wildman–Crippen LogP) is 3.81. The second kappa shape index (κ2) is 6.62. The second-order valence-electron chi connectivity index (χ2n) is 5.42. The summed E-state index contributed by atoms with van der Waals surface area (Å²) in [5.41, 5.74) is 1.02. The van der Waals surface area contributed by atoms with Crippen molar-refractivity contribution in [3.8, 4) is 5.75 Å². The molecule has 0 heterocycles. The summed E-state index contributed by atoms with van der Waals surface area (Å²) in [5.74, 6) is 0.840. The summed E-state index contributed by atoms with van der Waals surface area (Å²) in [6.45, 7) is 1.06. The number of ether oxygens (including phenoxy) is 1. The maximum absolute atomic E-state index is 9.72. The third-order valence-electron chi connectivity index (χ3n) is 4.06. The first kappa shape index (κ1) is 14.7. The van der Waals surface area contributed by atoms with E-state index in [1.165, 1.54) is 19.3 Å². The third-order valence-corrected chi connectivity index (χ3v) is 4.56. The summed E-state index contributed by atoms with van der Waals surface area (Å²) >= 11 is 3.48. The van der Waals surface area contributed by atoms with Gasteiger partial charge >= 0.3 is 0 Å². The number of methoxy groups -OCH3 is 1. The maximum Gasteiger partial charge on any atom is 0.142 e. The Kier molecular flexibility index (Phi) is 5.11. The van der Waals surface area contributed by atoms with Crippen LogP contribution in [0, 0.1) is 5.41 Å². The number of aliphatic hydroxyl groups excluding tert-OH is 1. The van der Waals surface area contributed by atoms with E-state index in [1.807, 2.05) is 18.2 Å². The number of hydrogen-bond donors (Lipinski definition) is 2. The molecule has 0 unspecified atom stereocenters. The van der Waals surface area contributed by atoms with Gasteiger partial charge < -0.3 is 15.2 Å². The van der Waals surface area contributed by atoms with Crippen molar-refractivity contribution in [1.82, 2.24) is 0 Å². The molecule has 2 N–H and O–H groups in total. The Morgan fingerprint density at radius 3 is 2.68 bits per heavy atom. The molecule has 1 aliphatic rings. The van der Waals surface area contributed by atoms with Crippen molar-refractivity contribution >= 4 is 21.6 Å². The van der Waals surface area contributed by atoms with E-state index in [0.717, 1.165) is 35.3 Å². The summed E-state index contributed by atoms with van der Waals surface area (Å²) in [7, 11) is 1.68. The Balaban J connectivity index is 2.06. The topological polar surface area (TPSA) is 41.5 Å². The highest BCUT2D eigenvalue weighted by molar-refractivity contribution is 9.10. The van der Waals surface area contributed by atoms with Crippen LogP contribution in [-0.2, 0) is 0 Å². The molecule has 1 aromatic rings. The van der Waals surface area contributed by atoms with Gasteiger partial charge in [-0.3, -0.25) is 0 Å². The molecule has 0 bridgehead atoms. The van der Waals surface area contributed by atoms with Gasteiger partial charge in [0.1, 0.15) is 5.75 Å². The Bertz CT molecular complexity index is 417. The monoisotopic (exact) mass is 327 g/mol. The minimum atomic E-state index is 0.0333. The third kappa shape index (κ3) is 3.63. The molecule has 19 heavy (non-hydrogen) atoms. The first-order valence-electron chi connectivity index (χ1n) is 6.87. The zero-order chi connectivity index (χ0) is 13.7. The van der Waals surface area contributed by atoms with E-state index < -0.39 is 0 Å². The Hall–Kier alpha value is -0.740. The number of anilines is 1. The van der Waals surface area contributed by atoms with Crippen LogP contribution in [0.4, 0.5) is 5.69 Å². The highest BCUT2D eigenvalue weighted by Gasteiger charge is 2.31. The zero-order valence-corrected chi connectivity index (χ0v) is 13.0. The van der Waals surface area contributed by atoms with E-state index in [1.54, 1.807) is 7.11 Å². The lowest BCUT2D eigenvalue weighted by molar-refractivity contribution is 0.0943. The maximum atomic E-state index is 9.72. The molecule has 1 saturated carbocycles. The molecule has 1 fully saturated rings. The second-order valence-corrected chi connectivity index (χ2v) is 6.33. The largest absolute Gasteiger partial charge is 0.495 e. The van der Waals surface area contributed by atoms with Crippen LogP contribution in [0.25, 0.3) is 0 Å². The molecule has 106 valence electrons. The van der Waals surface area contributed by atoms with Crippen LogP contribution in [-0.4, -0.2) is 25.4 Å². The molecule has 4 heteroatoms. The van der Waals surface area contributed by atoms with Crippen LogP contribution < -0.4 is 10.1 Å². The number of aliphatic hydroxyl groups is 1. The van der Waals surface area contributed by atoms with Crippen LogP contribution in [0.3, 0.4) is 0 Å². The molecule has 0 atom stereocenters. The van der Waals surface area contributed by atoms with E-state index in [-0.39, 0.29) is 12.0 Å². The average Bonchev–Trinajstić information content (AvgIpc) is 2.46. The predicted molar refractivity (Wildman–Crippen MR) is 81.8 cm³/mol. The number of hydrogen-bond acceptors (Lipinski definition) is 3. The number of halogens is 1. The quantitative estimate of drug-likeness (QED) is 0.864. The molecule has 0 amide bonds. The van der Waals surface area contributed by atoms with E-state index in [4.69, 9.17) is 4.74 Å². The molecule has 0 spiro atoms. The summed E-state index contributed by atoms with van der Waals surface area (Å²) in [6, 6.07) is 5.93. The van der Waals surface area contributed by atoms with Gasteiger partial charge in [-0.15, -0.1) is 0 Å². The van der Waals surface area contributed by atoms with Gasteiger partial charge in [0.2, 0.25) is 0 Å². The van der Waals surface area contributed by atoms with E-state index in [9.17, 15) is 5.11 Å². The summed E-state index contributed by atoms with van der Waals surface area (Å²) in [4.78, 5) is 0. The molecule has 0 aliphatic heterocycles. The van der Waals surface area contributed by atoms with Gasteiger partial charge in [0, 0.05) is 16.4 Å². The van der Waals surface area contributed by atoms with Gasteiger partial charge in [0.15, 0.2) is 0 Å². The zero-order valence-electron chi connectivity index (χ0n) is 11.4.